The average molecular weight is 132 g/mol. The van der Waals surface area contributed by atoms with E-state index >= 15 is 0 Å². The maximum absolute atomic E-state index is 3.17. The highest BCUT2D eigenvalue weighted by Crippen LogP contribution is 2.39. The average Bonchev–Trinajstić information content (AvgIpc) is 2.56. The highest BCUT2D eigenvalue weighted by Gasteiger charge is 2.25. The minimum Gasteiger partial charge on any atom is -0.129 e. The van der Waals surface area contributed by atoms with Crippen molar-refractivity contribution in [3.63, 3.8) is 0 Å². The molecule has 0 saturated carbocycles. The quantitative estimate of drug-likeness (QED) is 0.400. The maximum atomic E-state index is 3.17. The first-order valence-corrected chi connectivity index (χ1v) is 3.89. The summed E-state index contributed by atoms with van der Waals surface area (Å²) >= 11 is 0. The van der Waals surface area contributed by atoms with Crippen molar-refractivity contribution in [2.24, 2.45) is 5.41 Å². The van der Waals surface area contributed by atoms with Gasteiger partial charge in [0.2, 0.25) is 0 Å². The van der Waals surface area contributed by atoms with Crippen LogP contribution in [0.15, 0.2) is 29.5 Å². The van der Waals surface area contributed by atoms with Gasteiger partial charge in [-0.1, -0.05) is 18.6 Å². The van der Waals surface area contributed by atoms with Crippen LogP contribution in [0, 0.1) is 5.41 Å². The predicted octanol–water partition coefficient (Wildman–Crippen LogP) is 2.83. The highest BCUT2D eigenvalue weighted by molar-refractivity contribution is 5.26. The molecule has 0 spiro atoms. The number of allylic oxidation sites excluding steroid dienone is 3. The second-order valence-corrected chi connectivity index (χ2v) is 3.62. The van der Waals surface area contributed by atoms with Crippen molar-refractivity contribution in [1.29, 1.82) is 0 Å². The van der Waals surface area contributed by atoms with E-state index in [0.29, 0.717) is 5.41 Å². The van der Waals surface area contributed by atoms with Gasteiger partial charge in [0, 0.05) is 5.41 Å². The van der Waals surface area contributed by atoms with Crippen molar-refractivity contribution < 1.29 is 0 Å². The SMILES string of the molecule is CC1(CC2=CC2)C=C=CC1. The molecule has 1 unspecified atom stereocenters. The molecule has 0 heteroatoms. The Morgan fingerprint density at radius 3 is 3.00 bits per heavy atom. The molecule has 2 aliphatic rings. The largest absolute Gasteiger partial charge is 0.129 e. The minimum absolute atomic E-state index is 0.419. The van der Waals surface area contributed by atoms with Gasteiger partial charge < -0.3 is 0 Å². The lowest BCUT2D eigenvalue weighted by molar-refractivity contribution is 0.444. The zero-order valence-corrected chi connectivity index (χ0v) is 6.35. The molecule has 0 amide bonds. The molecule has 10 heavy (non-hydrogen) atoms. The van der Waals surface area contributed by atoms with Gasteiger partial charge in [0.1, 0.15) is 0 Å². The van der Waals surface area contributed by atoms with Gasteiger partial charge in [-0.05, 0) is 31.4 Å². The van der Waals surface area contributed by atoms with Crippen molar-refractivity contribution in [3.05, 3.63) is 29.5 Å². The fourth-order valence-corrected chi connectivity index (χ4v) is 1.47. The molecule has 1 atom stereocenters. The molecule has 0 aliphatic heterocycles. The lowest BCUT2D eigenvalue weighted by Gasteiger charge is -2.18. The van der Waals surface area contributed by atoms with Gasteiger partial charge >= 0.3 is 0 Å². The molecule has 0 bridgehead atoms. The maximum Gasteiger partial charge on any atom is 0.000684 e. The first-order chi connectivity index (χ1) is 4.79. The van der Waals surface area contributed by atoms with Crippen molar-refractivity contribution >= 4 is 0 Å². The first kappa shape index (κ1) is 6.00. The summed E-state index contributed by atoms with van der Waals surface area (Å²) < 4.78 is 0. The number of hydrogen-bond acceptors (Lipinski definition) is 0. The Hall–Kier alpha value is -0.740. The first-order valence-electron chi connectivity index (χ1n) is 3.89. The second-order valence-electron chi connectivity index (χ2n) is 3.62. The van der Waals surface area contributed by atoms with Gasteiger partial charge in [-0.15, -0.1) is 5.73 Å². The van der Waals surface area contributed by atoms with Gasteiger partial charge in [-0.25, -0.2) is 0 Å². The van der Waals surface area contributed by atoms with Crippen LogP contribution in [0.25, 0.3) is 0 Å². The van der Waals surface area contributed by atoms with E-state index < -0.39 is 0 Å². The van der Waals surface area contributed by atoms with Gasteiger partial charge in [0.05, 0.1) is 0 Å². The molecule has 0 radical (unpaired) electrons. The Morgan fingerprint density at radius 1 is 1.70 bits per heavy atom. The Balaban J connectivity index is 2.01. The monoisotopic (exact) mass is 132 g/mol. The Labute approximate surface area is 61.9 Å². The molecule has 2 rings (SSSR count). The summed E-state index contributed by atoms with van der Waals surface area (Å²) in [7, 11) is 0. The van der Waals surface area contributed by atoms with E-state index in [0.717, 1.165) is 0 Å². The van der Waals surface area contributed by atoms with Crippen LogP contribution in [0.5, 0.6) is 0 Å². The number of hydrogen-bond donors (Lipinski definition) is 0. The molecule has 0 aromatic heterocycles. The van der Waals surface area contributed by atoms with Gasteiger partial charge in [-0.2, -0.15) is 0 Å². The van der Waals surface area contributed by atoms with E-state index in [1.165, 1.54) is 19.3 Å². The third-order valence-electron chi connectivity index (χ3n) is 2.24. The van der Waals surface area contributed by atoms with Crippen LogP contribution in [0.2, 0.25) is 0 Å². The standard InChI is InChI=1S/C10H12/c1-10(6-2-3-7-10)8-9-4-5-9/h2,4,7H,5-6,8H2,1H3. The Kier molecular flexibility index (Phi) is 1.12. The topological polar surface area (TPSA) is 0 Å². The molecule has 0 fully saturated rings. The van der Waals surface area contributed by atoms with Crippen LogP contribution in [0.1, 0.15) is 26.2 Å². The highest BCUT2D eigenvalue weighted by atomic mass is 14.3. The summed E-state index contributed by atoms with van der Waals surface area (Å²) in [6, 6.07) is 0. The molecule has 0 nitrogen and oxygen atoms in total. The zero-order valence-electron chi connectivity index (χ0n) is 6.35. The van der Waals surface area contributed by atoms with E-state index in [2.05, 4.69) is 30.9 Å². The summed E-state index contributed by atoms with van der Waals surface area (Å²) in [6.07, 6.45) is 10.4. The van der Waals surface area contributed by atoms with Crippen LogP contribution >= 0.6 is 0 Å². The van der Waals surface area contributed by atoms with E-state index in [4.69, 9.17) is 0 Å². The molecule has 0 heterocycles. The minimum atomic E-state index is 0.419. The normalized spacial score (nSPS) is 34.7. The fourth-order valence-electron chi connectivity index (χ4n) is 1.47. The van der Waals surface area contributed by atoms with Crippen molar-refractivity contribution in [2.45, 2.75) is 26.2 Å². The predicted molar refractivity (Wildman–Crippen MR) is 42.7 cm³/mol. The summed E-state index contributed by atoms with van der Waals surface area (Å²) in [6.45, 7) is 2.31. The van der Waals surface area contributed by atoms with Crippen molar-refractivity contribution in [3.8, 4) is 0 Å². The van der Waals surface area contributed by atoms with E-state index in [9.17, 15) is 0 Å². The summed E-state index contributed by atoms with van der Waals surface area (Å²) in [5.74, 6) is 0. The molecule has 2 aliphatic carbocycles. The summed E-state index contributed by atoms with van der Waals surface area (Å²) in [5, 5.41) is 0. The summed E-state index contributed by atoms with van der Waals surface area (Å²) in [5.41, 5.74) is 5.22. The second kappa shape index (κ2) is 1.87. The van der Waals surface area contributed by atoms with E-state index in [1.807, 2.05) is 0 Å². The molecular weight excluding hydrogens is 120 g/mol. The van der Waals surface area contributed by atoms with E-state index in [-0.39, 0.29) is 0 Å². The van der Waals surface area contributed by atoms with Crippen molar-refractivity contribution in [2.75, 3.05) is 0 Å². The third-order valence-corrected chi connectivity index (χ3v) is 2.24. The molecule has 52 valence electrons. The zero-order chi connectivity index (χ0) is 7.03. The van der Waals surface area contributed by atoms with Gasteiger partial charge in [0.25, 0.3) is 0 Å². The van der Waals surface area contributed by atoms with Crippen LogP contribution < -0.4 is 0 Å². The van der Waals surface area contributed by atoms with E-state index in [1.54, 1.807) is 5.57 Å². The van der Waals surface area contributed by atoms with Crippen LogP contribution in [-0.4, -0.2) is 0 Å². The van der Waals surface area contributed by atoms with Crippen LogP contribution in [0.3, 0.4) is 0 Å². The molecular formula is C10H12. The lowest BCUT2D eigenvalue weighted by atomic mass is 9.85. The fraction of sp³-hybridized carbons (Fsp3) is 0.500. The molecule has 0 saturated heterocycles. The van der Waals surface area contributed by atoms with Gasteiger partial charge in [-0.3, -0.25) is 0 Å². The Morgan fingerprint density at radius 2 is 2.50 bits per heavy atom. The third kappa shape index (κ3) is 1.08. The number of rotatable bonds is 2. The van der Waals surface area contributed by atoms with Gasteiger partial charge in [0.15, 0.2) is 0 Å². The molecule has 0 aromatic rings. The van der Waals surface area contributed by atoms with Crippen LogP contribution in [0.4, 0.5) is 0 Å². The lowest BCUT2D eigenvalue weighted by Crippen LogP contribution is -2.08. The molecule has 0 N–H and O–H groups in total. The van der Waals surface area contributed by atoms with Crippen molar-refractivity contribution in [1.82, 2.24) is 0 Å². The smallest absolute Gasteiger partial charge is 0.000684 e. The molecule has 0 aromatic carbocycles. The summed E-state index contributed by atoms with van der Waals surface area (Å²) in [4.78, 5) is 0. The van der Waals surface area contributed by atoms with Crippen LogP contribution in [-0.2, 0) is 0 Å². The Bertz CT molecular complexity index is 239.